The van der Waals surface area contributed by atoms with Crippen LogP contribution in [0, 0.1) is 5.92 Å². The van der Waals surface area contributed by atoms with Crippen LogP contribution in [0.15, 0.2) is 0 Å². The normalized spacial score (nSPS) is 11.2. The van der Waals surface area contributed by atoms with Gasteiger partial charge < -0.3 is 33.7 Å². The third-order valence-corrected chi connectivity index (χ3v) is 3.64. The molecule has 29 heavy (non-hydrogen) atoms. The Labute approximate surface area is 176 Å². The Morgan fingerprint density at radius 2 is 1.07 bits per heavy atom. The largest absolute Gasteiger partial charge is 0.377 e. The first-order valence-electron chi connectivity index (χ1n) is 10.3. The minimum Gasteiger partial charge on any atom is -0.377 e. The zero-order chi connectivity index (χ0) is 21.6. The van der Waals surface area contributed by atoms with Crippen LogP contribution in [-0.2, 0) is 38.0 Å². The van der Waals surface area contributed by atoms with E-state index in [9.17, 15) is 9.59 Å². The molecule has 174 valence electrons. The zero-order valence-electron chi connectivity index (χ0n) is 18.2. The van der Waals surface area contributed by atoms with Gasteiger partial charge in [0.1, 0.15) is 6.61 Å². The van der Waals surface area contributed by atoms with Gasteiger partial charge in [0.15, 0.2) is 5.78 Å². The van der Waals surface area contributed by atoms with E-state index < -0.39 is 0 Å². The van der Waals surface area contributed by atoms with Crippen LogP contribution in [0.2, 0.25) is 0 Å². The monoisotopic (exact) mass is 423 g/mol. The molecule has 0 saturated heterocycles. The summed E-state index contributed by atoms with van der Waals surface area (Å²) < 4.78 is 32.0. The van der Waals surface area contributed by atoms with E-state index in [1.54, 1.807) is 0 Å². The van der Waals surface area contributed by atoms with Crippen LogP contribution >= 0.6 is 0 Å². The first-order chi connectivity index (χ1) is 14.1. The van der Waals surface area contributed by atoms with Crippen molar-refractivity contribution in [3.63, 3.8) is 0 Å². The van der Waals surface area contributed by atoms with Crippen LogP contribution < -0.4 is 5.32 Å². The second kappa shape index (κ2) is 21.6. The molecule has 0 radical (unpaired) electrons. The van der Waals surface area contributed by atoms with Crippen molar-refractivity contribution in [1.82, 2.24) is 5.32 Å². The van der Waals surface area contributed by atoms with Crippen molar-refractivity contribution in [3.8, 4) is 0 Å². The number of carbonyl (C=O) groups excluding carboxylic acids is 2. The summed E-state index contributed by atoms with van der Waals surface area (Å²) in [6, 6.07) is 0. The lowest BCUT2D eigenvalue weighted by Gasteiger charge is -2.08. The summed E-state index contributed by atoms with van der Waals surface area (Å²) in [4.78, 5) is 22.3. The molecule has 0 heterocycles. The average Bonchev–Trinajstić information content (AvgIpc) is 2.71. The Bertz CT molecular complexity index is 399. The van der Waals surface area contributed by atoms with Crippen LogP contribution in [0.5, 0.6) is 0 Å². The van der Waals surface area contributed by atoms with E-state index in [4.69, 9.17) is 28.4 Å². The van der Waals surface area contributed by atoms with Gasteiger partial charge in [-0.25, -0.2) is 0 Å². The molecule has 1 N–H and O–H groups in total. The van der Waals surface area contributed by atoms with Gasteiger partial charge in [-0.3, -0.25) is 9.59 Å². The van der Waals surface area contributed by atoms with Crippen molar-refractivity contribution in [3.05, 3.63) is 0 Å². The van der Waals surface area contributed by atoms with Crippen molar-refractivity contribution < 1.29 is 39.4 Å². The van der Waals surface area contributed by atoms with E-state index in [2.05, 4.69) is 5.32 Å². The highest BCUT2D eigenvalue weighted by Gasteiger charge is 2.06. The van der Waals surface area contributed by atoms with Crippen molar-refractivity contribution in [1.29, 1.82) is 0 Å². The van der Waals surface area contributed by atoms with Crippen LogP contribution in [0.25, 0.3) is 0 Å². The molecule has 1 amide bonds. The van der Waals surface area contributed by atoms with Crippen LogP contribution in [0.3, 0.4) is 0 Å². The minimum atomic E-state index is 0. The highest BCUT2D eigenvalue weighted by Crippen LogP contribution is 1.94. The molecule has 9 heteroatoms. The molecule has 0 aliphatic rings. The topological polar surface area (TPSA) is 102 Å². The molecule has 0 atom stereocenters. The summed E-state index contributed by atoms with van der Waals surface area (Å²) in [7, 11) is 0. The Morgan fingerprint density at radius 3 is 1.45 bits per heavy atom. The Balaban J connectivity index is 0. The van der Waals surface area contributed by atoms with E-state index in [1.807, 2.05) is 20.8 Å². The van der Waals surface area contributed by atoms with Crippen LogP contribution in [0.1, 0.15) is 28.6 Å². The summed E-state index contributed by atoms with van der Waals surface area (Å²) in [5.74, 6) is 0.129. The molecule has 0 aromatic heterocycles. The third kappa shape index (κ3) is 21.4. The highest BCUT2D eigenvalue weighted by molar-refractivity contribution is 5.81. The molecule has 0 saturated carbocycles. The fourth-order valence-electron chi connectivity index (χ4n) is 1.83. The average molecular weight is 424 g/mol. The molecule has 0 fully saturated rings. The summed E-state index contributed by atoms with van der Waals surface area (Å²) in [5, 5.41) is 2.73. The van der Waals surface area contributed by atoms with Gasteiger partial charge in [0.2, 0.25) is 5.91 Å². The first kappa shape index (κ1) is 27.9. The summed E-state index contributed by atoms with van der Waals surface area (Å²) in [6.45, 7) is 11.5. The molecule has 0 aromatic rings. The summed E-state index contributed by atoms with van der Waals surface area (Å²) in [5.41, 5.74) is 0. The SMILES string of the molecule is CCC(=O)NCCOCCOCCOCCOCCOCCOCC(=O)C(C)C.[HH]. The van der Waals surface area contributed by atoms with Gasteiger partial charge in [0.05, 0.1) is 72.7 Å². The summed E-state index contributed by atoms with van der Waals surface area (Å²) in [6.07, 6.45) is 0.486. The van der Waals surface area contributed by atoms with Crippen molar-refractivity contribution in [2.45, 2.75) is 27.2 Å². The van der Waals surface area contributed by atoms with Gasteiger partial charge in [-0.2, -0.15) is 0 Å². The van der Waals surface area contributed by atoms with Crippen molar-refractivity contribution >= 4 is 11.7 Å². The number of Topliss-reactive ketones (excluding diaryl/α,β-unsaturated/α-hetero) is 1. The first-order valence-corrected chi connectivity index (χ1v) is 10.3. The molecular formula is C20H41NO8. The second-order valence-corrected chi connectivity index (χ2v) is 6.44. The molecule has 0 aliphatic heterocycles. The lowest BCUT2D eigenvalue weighted by molar-refractivity contribution is -0.127. The van der Waals surface area contributed by atoms with Crippen molar-refractivity contribution in [2.24, 2.45) is 5.92 Å². The maximum Gasteiger partial charge on any atom is 0.219 e. The number of hydrogen-bond acceptors (Lipinski definition) is 8. The number of ether oxygens (including phenoxy) is 6. The van der Waals surface area contributed by atoms with E-state index in [0.29, 0.717) is 85.6 Å². The molecule has 0 bridgehead atoms. The third-order valence-electron chi connectivity index (χ3n) is 3.64. The number of hydrogen-bond donors (Lipinski definition) is 1. The van der Waals surface area contributed by atoms with Crippen molar-refractivity contribution in [2.75, 3.05) is 85.8 Å². The number of carbonyl (C=O) groups is 2. The maximum absolute atomic E-state index is 11.3. The smallest absolute Gasteiger partial charge is 0.219 e. The predicted molar refractivity (Wildman–Crippen MR) is 110 cm³/mol. The second-order valence-electron chi connectivity index (χ2n) is 6.44. The number of amides is 1. The fraction of sp³-hybridized carbons (Fsp3) is 0.900. The lowest BCUT2D eigenvalue weighted by Crippen LogP contribution is -2.26. The van der Waals surface area contributed by atoms with Gasteiger partial charge in [-0.15, -0.1) is 0 Å². The van der Waals surface area contributed by atoms with Gasteiger partial charge in [0, 0.05) is 20.3 Å². The highest BCUT2D eigenvalue weighted by atomic mass is 16.6. The molecule has 0 rings (SSSR count). The molecule has 9 nitrogen and oxygen atoms in total. The number of ketones is 1. The van der Waals surface area contributed by atoms with Gasteiger partial charge >= 0.3 is 0 Å². The van der Waals surface area contributed by atoms with Crippen LogP contribution in [0.4, 0.5) is 0 Å². The van der Waals surface area contributed by atoms with E-state index in [0.717, 1.165) is 0 Å². The maximum atomic E-state index is 11.3. The quantitative estimate of drug-likeness (QED) is 0.258. The standard InChI is InChI=1S/C20H39NO8.H2/c1-4-20(23)21-5-6-24-7-8-25-9-10-26-11-12-27-13-14-28-15-16-29-17-19(22)18(2)3;/h18H,4-17H2,1-3H3,(H,21,23);1H. The fourth-order valence-corrected chi connectivity index (χ4v) is 1.83. The molecule has 0 aliphatic carbocycles. The zero-order valence-corrected chi connectivity index (χ0v) is 18.2. The number of nitrogens with one attached hydrogen (secondary N) is 1. The van der Waals surface area contributed by atoms with E-state index in [-0.39, 0.29) is 25.6 Å². The summed E-state index contributed by atoms with van der Waals surface area (Å²) >= 11 is 0. The van der Waals surface area contributed by atoms with E-state index >= 15 is 0 Å². The van der Waals surface area contributed by atoms with E-state index in [1.165, 1.54) is 0 Å². The Hall–Kier alpha value is -1.10. The molecular weight excluding hydrogens is 382 g/mol. The predicted octanol–water partition coefficient (Wildman–Crippen LogP) is 1.08. The lowest BCUT2D eigenvalue weighted by atomic mass is 10.1. The van der Waals surface area contributed by atoms with Gasteiger partial charge in [-0.05, 0) is 0 Å². The minimum absolute atomic E-state index is 0. The van der Waals surface area contributed by atoms with Crippen LogP contribution in [-0.4, -0.2) is 97.5 Å². The Kier molecular flexibility index (Phi) is 20.8. The van der Waals surface area contributed by atoms with Gasteiger partial charge in [0.25, 0.3) is 0 Å². The molecule has 0 spiro atoms. The van der Waals surface area contributed by atoms with Gasteiger partial charge in [-0.1, -0.05) is 20.8 Å². The molecule has 0 aromatic carbocycles. The number of rotatable bonds is 22. The molecule has 0 unspecified atom stereocenters. The Morgan fingerprint density at radius 1 is 0.690 bits per heavy atom.